The molecule has 1 saturated carbocycles. The summed E-state index contributed by atoms with van der Waals surface area (Å²) < 4.78 is 0. The van der Waals surface area contributed by atoms with E-state index in [2.05, 4.69) is 10.3 Å². The molecule has 2 N–H and O–H groups in total. The van der Waals surface area contributed by atoms with Crippen LogP contribution in [-0.2, 0) is 0 Å². The SMILES string of the molecule is Cc1ccnc(NCC2(O)CCCCCC2)c1. The maximum Gasteiger partial charge on any atom is 0.126 e. The first-order valence-electron chi connectivity index (χ1n) is 6.57. The Morgan fingerprint density at radius 2 is 2.00 bits per heavy atom. The zero-order valence-electron chi connectivity index (χ0n) is 10.6. The zero-order valence-corrected chi connectivity index (χ0v) is 10.6. The van der Waals surface area contributed by atoms with Gasteiger partial charge >= 0.3 is 0 Å². The zero-order chi connectivity index (χ0) is 12.1. The molecule has 0 spiro atoms. The summed E-state index contributed by atoms with van der Waals surface area (Å²) in [7, 11) is 0. The van der Waals surface area contributed by atoms with Crippen LogP contribution in [0.3, 0.4) is 0 Å². The third-order valence-corrected chi connectivity index (χ3v) is 3.55. The minimum absolute atomic E-state index is 0.540. The quantitative estimate of drug-likeness (QED) is 0.790. The highest BCUT2D eigenvalue weighted by Crippen LogP contribution is 2.27. The second kappa shape index (κ2) is 5.50. The van der Waals surface area contributed by atoms with Gasteiger partial charge in [-0.05, 0) is 37.5 Å². The van der Waals surface area contributed by atoms with Crippen LogP contribution in [0, 0.1) is 6.92 Å². The number of pyridine rings is 1. The van der Waals surface area contributed by atoms with E-state index < -0.39 is 5.60 Å². The molecule has 0 unspecified atom stereocenters. The number of aryl methyl sites for hydroxylation is 1. The van der Waals surface area contributed by atoms with Gasteiger partial charge in [0.15, 0.2) is 0 Å². The Labute approximate surface area is 103 Å². The molecule has 3 nitrogen and oxygen atoms in total. The molecule has 0 amide bonds. The van der Waals surface area contributed by atoms with Gasteiger partial charge in [-0.25, -0.2) is 4.98 Å². The van der Waals surface area contributed by atoms with Crippen LogP contribution in [0.1, 0.15) is 44.1 Å². The number of rotatable bonds is 3. The van der Waals surface area contributed by atoms with E-state index in [1.807, 2.05) is 19.1 Å². The maximum atomic E-state index is 10.5. The molecule has 0 aliphatic heterocycles. The number of nitrogens with zero attached hydrogens (tertiary/aromatic N) is 1. The largest absolute Gasteiger partial charge is 0.388 e. The van der Waals surface area contributed by atoms with Crippen molar-refractivity contribution in [3.63, 3.8) is 0 Å². The molecule has 1 aromatic heterocycles. The highest BCUT2D eigenvalue weighted by Gasteiger charge is 2.27. The molecule has 0 radical (unpaired) electrons. The molecule has 1 aliphatic carbocycles. The van der Waals surface area contributed by atoms with Crippen molar-refractivity contribution < 1.29 is 5.11 Å². The smallest absolute Gasteiger partial charge is 0.126 e. The minimum Gasteiger partial charge on any atom is -0.388 e. The highest BCUT2D eigenvalue weighted by molar-refractivity contribution is 5.37. The van der Waals surface area contributed by atoms with Gasteiger partial charge in [-0.1, -0.05) is 25.7 Å². The van der Waals surface area contributed by atoms with Crippen LogP contribution in [0.25, 0.3) is 0 Å². The van der Waals surface area contributed by atoms with E-state index in [9.17, 15) is 5.11 Å². The Morgan fingerprint density at radius 1 is 1.29 bits per heavy atom. The Kier molecular flexibility index (Phi) is 4.00. The number of aliphatic hydroxyl groups is 1. The van der Waals surface area contributed by atoms with Gasteiger partial charge in [0.1, 0.15) is 5.82 Å². The fraction of sp³-hybridized carbons (Fsp3) is 0.643. The van der Waals surface area contributed by atoms with Gasteiger partial charge in [0.2, 0.25) is 0 Å². The lowest BCUT2D eigenvalue weighted by Crippen LogP contribution is -2.36. The number of aromatic nitrogens is 1. The van der Waals surface area contributed by atoms with Crippen molar-refractivity contribution in [2.75, 3.05) is 11.9 Å². The topological polar surface area (TPSA) is 45.2 Å². The van der Waals surface area contributed by atoms with Crippen molar-refractivity contribution in [1.29, 1.82) is 0 Å². The molecule has 94 valence electrons. The van der Waals surface area contributed by atoms with E-state index in [1.54, 1.807) is 6.20 Å². The molecule has 1 aromatic rings. The molecule has 0 aromatic carbocycles. The lowest BCUT2D eigenvalue weighted by Gasteiger charge is -2.27. The maximum absolute atomic E-state index is 10.5. The number of hydrogen-bond donors (Lipinski definition) is 2. The molecule has 1 aliphatic rings. The first-order chi connectivity index (χ1) is 8.18. The van der Waals surface area contributed by atoms with E-state index in [0.29, 0.717) is 6.54 Å². The van der Waals surface area contributed by atoms with Gasteiger partial charge < -0.3 is 10.4 Å². The van der Waals surface area contributed by atoms with Gasteiger partial charge in [0.05, 0.1) is 5.60 Å². The van der Waals surface area contributed by atoms with Crippen molar-refractivity contribution >= 4 is 5.82 Å². The second-order valence-electron chi connectivity index (χ2n) is 5.21. The summed E-state index contributed by atoms with van der Waals surface area (Å²) in [5, 5.41) is 13.8. The van der Waals surface area contributed by atoms with E-state index >= 15 is 0 Å². The standard InChI is InChI=1S/C14H22N2O/c1-12-6-9-15-13(10-12)16-11-14(17)7-4-2-3-5-8-14/h6,9-10,17H,2-5,7-8,11H2,1H3,(H,15,16). The Balaban J connectivity index is 1.92. The summed E-state index contributed by atoms with van der Waals surface area (Å²) in [6, 6.07) is 3.99. The molecule has 17 heavy (non-hydrogen) atoms. The van der Waals surface area contributed by atoms with Gasteiger partial charge in [0, 0.05) is 12.7 Å². The van der Waals surface area contributed by atoms with Crippen LogP contribution in [0.15, 0.2) is 18.3 Å². The molecule has 3 heteroatoms. The van der Waals surface area contributed by atoms with Crippen molar-refractivity contribution in [3.05, 3.63) is 23.9 Å². The molecular formula is C14H22N2O. The van der Waals surface area contributed by atoms with Crippen LogP contribution in [0.2, 0.25) is 0 Å². The average molecular weight is 234 g/mol. The van der Waals surface area contributed by atoms with Gasteiger partial charge in [-0.15, -0.1) is 0 Å². The van der Waals surface area contributed by atoms with Crippen LogP contribution in [0.5, 0.6) is 0 Å². The van der Waals surface area contributed by atoms with Crippen LogP contribution >= 0.6 is 0 Å². The molecule has 0 bridgehead atoms. The fourth-order valence-electron chi connectivity index (χ4n) is 2.45. The fourth-order valence-corrected chi connectivity index (χ4v) is 2.45. The van der Waals surface area contributed by atoms with E-state index in [4.69, 9.17) is 0 Å². The lowest BCUT2D eigenvalue weighted by molar-refractivity contribution is 0.0380. The van der Waals surface area contributed by atoms with Crippen LogP contribution < -0.4 is 5.32 Å². The Hall–Kier alpha value is -1.09. The third-order valence-electron chi connectivity index (χ3n) is 3.55. The second-order valence-corrected chi connectivity index (χ2v) is 5.21. The molecule has 0 atom stereocenters. The Morgan fingerprint density at radius 3 is 2.65 bits per heavy atom. The monoisotopic (exact) mass is 234 g/mol. The van der Waals surface area contributed by atoms with Crippen molar-refractivity contribution in [3.8, 4) is 0 Å². The van der Waals surface area contributed by atoms with Crippen LogP contribution in [-0.4, -0.2) is 22.2 Å². The van der Waals surface area contributed by atoms with Crippen molar-refractivity contribution in [1.82, 2.24) is 4.98 Å². The minimum atomic E-state index is -0.540. The van der Waals surface area contributed by atoms with Crippen molar-refractivity contribution in [2.45, 2.75) is 51.0 Å². The van der Waals surface area contributed by atoms with Crippen molar-refractivity contribution in [2.24, 2.45) is 0 Å². The summed E-state index contributed by atoms with van der Waals surface area (Å²) in [5.74, 6) is 0.864. The molecule has 0 saturated heterocycles. The molecule has 1 heterocycles. The normalized spacial score (nSPS) is 19.6. The molecule has 1 fully saturated rings. The highest BCUT2D eigenvalue weighted by atomic mass is 16.3. The summed E-state index contributed by atoms with van der Waals surface area (Å²) in [6.45, 7) is 2.66. The first kappa shape index (κ1) is 12.4. The average Bonchev–Trinajstić information content (AvgIpc) is 2.53. The van der Waals surface area contributed by atoms with Crippen LogP contribution in [0.4, 0.5) is 5.82 Å². The van der Waals surface area contributed by atoms with Gasteiger partial charge in [0.25, 0.3) is 0 Å². The van der Waals surface area contributed by atoms with E-state index in [0.717, 1.165) is 31.5 Å². The number of hydrogen-bond acceptors (Lipinski definition) is 3. The van der Waals surface area contributed by atoms with Gasteiger partial charge in [-0.2, -0.15) is 0 Å². The third kappa shape index (κ3) is 3.70. The van der Waals surface area contributed by atoms with E-state index in [-0.39, 0.29) is 0 Å². The number of anilines is 1. The summed E-state index contributed by atoms with van der Waals surface area (Å²) in [4.78, 5) is 4.26. The Bertz CT molecular complexity index is 357. The van der Waals surface area contributed by atoms with E-state index in [1.165, 1.54) is 18.4 Å². The first-order valence-corrected chi connectivity index (χ1v) is 6.57. The predicted octanol–water partition coefficient (Wildman–Crippen LogP) is 2.89. The predicted molar refractivity (Wildman–Crippen MR) is 70.1 cm³/mol. The molecule has 2 rings (SSSR count). The summed E-state index contributed by atoms with van der Waals surface area (Å²) in [6.07, 6.45) is 8.40. The lowest BCUT2D eigenvalue weighted by atomic mass is 9.94. The summed E-state index contributed by atoms with van der Waals surface area (Å²) >= 11 is 0. The number of nitrogens with one attached hydrogen (secondary N) is 1. The molecular weight excluding hydrogens is 212 g/mol. The van der Waals surface area contributed by atoms with Gasteiger partial charge in [-0.3, -0.25) is 0 Å². The summed E-state index contributed by atoms with van der Waals surface area (Å²) in [5.41, 5.74) is 0.650.